The molecule has 0 aromatic heterocycles. The van der Waals surface area contributed by atoms with Crippen LogP contribution >= 0.6 is 0 Å². The molecule has 3 N–H and O–H groups in total. The van der Waals surface area contributed by atoms with E-state index in [0.717, 1.165) is 44.9 Å². The van der Waals surface area contributed by atoms with E-state index < -0.39 is 24.1 Å². The number of fused-ring (bicyclic) bond motifs is 8. The molecule has 11 atom stereocenters. The van der Waals surface area contributed by atoms with Crippen LogP contribution in [0.4, 0.5) is 0 Å². The van der Waals surface area contributed by atoms with Crippen LogP contribution in [-0.4, -0.2) is 57.4 Å². The molecule has 0 aromatic carbocycles. The molecule has 0 bridgehead atoms. The molecule has 0 spiro atoms. The van der Waals surface area contributed by atoms with Crippen LogP contribution in [0.25, 0.3) is 0 Å². The Bertz CT molecular complexity index is 999. The summed E-state index contributed by atoms with van der Waals surface area (Å²) >= 11 is 0. The third kappa shape index (κ3) is 3.04. The molecule has 3 fully saturated rings. The van der Waals surface area contributed by atoms with Crippen molar-refractivity contribution in [1.29, 1.82) is 0 Å². The van der Waals surface area contributed by atoms with Crippen LogP contribution in [0.15, 0.2) is 22.8 Å². The molecule has 0 aromatic rings. The molecule has 0 unspecified atom stereocenters. The minimum Gasteiger partial charge on any atom is -0.393 e. The molecular formula is C29H42O6. The molecule has 2 heterocycles. The summed E-state index contributed by atoms with van der Waals surface area (Å²) in [5.41, 5.74) is 2.88. The first-order valence-electron chi connectivity index (χ1n) is 13.8. The first-order valence-corrected chi connectivity index (χ1v) is 13.8. The van der Waals surface area contributed by atoms with Crippen molar-refractivity contribution in [3.05, 3.63) is 22.8 Å². The topological polar surface area (TPSA) is 96.2 Å². The number of aliphatic hydroxyl groups excluding tert-OH is 2. The Balaban J connectivity index is 1.36. The van der Waals surface area contributed by atoms with Crippen molar-refractivity contribution >= 4 is 5.78 Å². The van der Waals surface area contributed by atoms with Gasteiger partial charge >= 0.3 is 0 Å². The van der Waals surface area contributed by atoms with Crippen LogP contribution in [0, 0.1) is 34.5 Å². The highest BCUT2D eigenvalue weighted by Crippen LogP contribution is 2.67. The van der Waals surface area contributed by atoms with Gasteiger partial charge in [0.15, 0.2) is 17.7 Å². The molecule has 2 aliphatic heterocycles. The molecule has 6 rings (SSSR count). The summed E-state index contributed by atoms with van der Waals surface area (Å²) in [7, 11) is 0. The monoisotopic (exact) mass is 486 g/mol. The summed E-state index contributed by atoms with van der Waals surface area (Å²) in [6.45, 7) is 9.79. The fourth-order valence-electron chi connectivity index (χ4n) is 9.36. The Morgan fingerprint density at radius 1 is 1.11 bits per heavy atom. The zero-order chi connectivity index (χ0) is 25.1. The highest BCUT2D eigenvalue weighted by Gasteiger charge is 2.68. The molecule has 0 radical (unpaired) electrons. The van der Waals surface area contributed by atoms with Gasteiger partial charge in [-0.05, 0) is 85.7 Å². The van der Waals surface area contributed by atoms with E-state index in [-0.39, 0.29) is 46.6 Å². The molecule has 0 amide bonds. The Morgan fingerprint density at radius 3 is 2.54 bits per heavy atom. The first kappa shape index (κ1) is 24.3. The number of aliphatic hydroxyl groups is 3. The third-order valence-electron chi connectivity index (χ3n) is 11.4. The highest BCUT2D eigenvalue weighted by molar-refractivity contribution is 5.86. The molecule has 2 saturated heterocycles. The van der Waals surface area contributed by atoms with Gasteiger partial charge in [0.05, 0.1) is 18.3 Å². The number of rotatable bonds is 3. The summed E-state index contributed by atoms with van der Waals surface area (Å²) in [5, 5.41) is 32.8. The Labute approximate surface area is 208 Å². The van der Waals surface area contributed by atoms with Crippen LogP contribution < -0.4 is 0 Å². The van der Waals surface area contributed by atoms with Crippen LogP contribution in [0.3, 0.4) is 0 Å². The number of ketones is 1. The normalized spacial score (nSPS) is 50.1. The van der Waals surface area contributed by atoms with Crippen LogP contribution in [0.2, 0.25) is 0 Å². The maximum absolute atomic E-state index is 12.5. The second-order valence-electron chi connectivity index (χ2n) is 13.2. The predicted octanol–water partition coefficient (Wildman–Crippen LogP) is 3.68. The number of hydrogen-bond acceptors (Lipinski definition) is 6. The summed E-state index contributed by atoms with van der Waals surface area (Å²) in [5.74, 6) is -0.342. The van der Waals surface area contributed by atoms with Crippen molar-refractivity contribution < 1.29 is 29.6 Å². The van der Waals surface area contributed by atoms with E-state index in [0.29, 0.717) is 5.92 Å². The lowest BCUT2D eigenvalue weighted by molar-refractivity contribution is -0.201. The molecule has 35 heavy (non-hydrogen) atoms. The number of ether oxygens (including phenoxy) is 2. The van der Waals surface area contributed by atoms with E-state index in [1.807, 2.05) is 13.8 Å². The van der Waals surface area contributed by atoms with E-state index in [1.165, 1.54) is 18.1 Å². The van der Waals surface area contributed by atoms with Crippen molar-refractivity contribution in [1.82, 2.24) is 0 Å². The quantitative estimate of drug-likeness (QED) is 0.563. The Kier molecular flexibility index (Phi) is 5.37. The smallest absolute Gasteiger partial charge is 0.164 e. The van der Waals surface area contributed by atoms with Gasteiger partial charge in [-0.3, -0.25) is 4.79 Å². The highest BCUT2D eigenvalue weighted by atomic mass is 16.7. The van der Waals surface area contributed by atoms with Crippen LogP contribution in [0.5, 0.6) is 0 Å². The van der Waals surface area contributed by atoms with Gasteiger partial charge in [-0.1, -0.05) is 39.3 Å². The molecule has 6 heteroatoms. The van der Waals surface area contributed by atoms with Crippen LogP contribution in [-0.2, 0) is 14.3 Å². The lowest BCUT2D eigenvalue weighted by atomic mass is 9.51. The number of hydrogen-bond donors (Lipinski definition) is 3. The lowest BCUT2D eigenvalue weighted by Gasteiger charge is -2.53. The summed E-state index contributed by atoms with van der Waals surface area (Å²) in [6.07, 6.45) is 6.68. The van der Waals surface area contributed by atoms with Gasteiger partial charge in [-0.15, -0.1) is 0 Å². The van der Waals surface area contributed by atoms with Gasteiger partial charge in [-0.25, -0.2) is 0 Å². The molecule has 4 aliphatic carbocycles. The Morgan fingerprint density at radius 2 is 1.86 bits per heavy atom. The van der Waals surface area contributed by atoms with E-state index in [4.69, 9.17) is 9.47 Å². The Hall–Kier alpha value is -1.05. The van der Waals surface area contributed by atoms with Gasteiger partial charge in [-0.2, -0.15) is 0 Å². The van der Waals surface area contributed by atoms with E-state index in [2.05, 4.69) is 19.9 Å². The minimum atomic E-state index is -1.69. The summed E-state index contributed by atoms with van der Waals surface area (Å²) in [4.78, 5) is 12.5. The van der Waals surface area contributed by atoms with Gasteiger partial charge < -0.3 is 24.8 Å². The number of carbonyl (C=O) groups excluding carboxylic acids is 1. The van der Waals surface area contributed by atoms with Crippen molar-refractivity contribution in [3.8, 4) is 0 Å². The maximum Gasteiger partial charge on any atom is 0.164 e. The number of carbonyl (C=O) groups is 1. The van der Waals surface area contributed by atoms with Crippen molar-refractivity contribution in [3.63, 3.8) is 0 Å². The van der Waals surface area contributed by atoms with Gasteiger partial charge in [0, 0.05) is 11.8 Å². The zero-order valence-electron chi connectivity index (χ0n) is 21.8. The van der Waals surface area contributed by atoms with Crippen LogP contribution in [0.1, 0.15) is 79.6 Å². The third-order valence-corrected chi connectivity index (χ3v) is 11.4. The summed E-state index contributed by atoms with van der Waals surface area (Å²) < 4.78 is 12.5. The molecular weight excluding hydrogens is 444 g/mol. The molecule has 6 aliphatic rings. The number of allylic oxidation sites excluding steroid dienone is 3. The second kappa shape index (κ2) is 7.73. The van der Waals surface area contributed by atoms with Gasteiger partial charge in [0.25, 0.3) is 0 Å². The molecule has 194 valence electrons. The predicted molar refractivity (Wildman–Crippen MR) is 130 cm³/mol. The molecule has 1 saturated carbocycles. The standard InChI is InChI=1S/C29H42O6/c1-14(2)29(33,15(3)30)25-24-22(26(32)35-25)23-21(34-24)13-20-18-7-6-16-12-17(31)8-10-27(16,4)19(18)9-11-28(20,23)5/h13-14,16-17,21-26,31-33H,6-12H2,1-5H3/t16-,17-,21-,22-,23+,24+,25-,26-,27-,28-,29-/m0/s1. The number of Topliss-reactive ketones (excluding diaryl/α,β-unsaturated/α-hetero) is 1. The van der Waals surface area contributed by atoms with E-state index >= 15 is 0 Å². The average Bonchev–Trinajstić information content (AvgIpc) is 3.41. The van der Waals surface area contributed by atoms with Crippen molar-refractivity contribution in [2.75, 3.05) is 0 Å². The van der Waals surface area contributed by atoms with Crippen molar-refractivity contribution in [2.45, 2.75) is 116 Å². The minimum absolute atomic E-state index is 0.0682. The average molecular weight is 487 g/mol. The van der Waals surface area contributed by atoms with Gasteiger partial charge in [0.1, 0.15) is 6.10 Å². The summed E-state index contributed by atoms with van der Waals surface area (Å²) in [6, 6.07) is 0. The SMILES string of the molecule is CC(=O)[C@@](O)(C(C)C)[C@H]1O[C@H](O)[C@@H]2[C@H]1O[C@H]1C=C3C4=C(CC[C@]3(C)[C@@H]21)[C@@]1(C)CC[C@H](O)C[C@@H]1CC4. The fraction of sp³-hybridized carbons (Fsp3) is 0.828. The largest absolute Gasteiger partial charge is 0.393 e. The zero-order valence-corrected chi connectivity index (χ0v) is 21.8. The van der Waals surface area contributed by atoms with E-state index in [1.54, 1.807) is 5.57 Å². The van der Waals surface area contributed by atoms with Gasteiger partial charge in [0.2, 0.25) is 0 Å². The van der Waals surface area contributed by atoms with E-state index in [9.17, 15) is 20.1 Å². The maximum atomic E-state index is 12.5. The molecule has 6 nitrogen and oxygen atoms in total. The fourth-order valence-corrected chi connectivity index (χ4v) is 9.36. The van der Waals surface area contributed by atoms with Crippen molar-refractivity contribution in [2.24, 2.45) is 34.5 Å². The second-order valence-corrected chi connectivity index (χ2v) is 13.2. The first-order chi connectivity index (χ1) is 16.4. The lowest BCUT2D eigenvalue weighted by Crippen LogP contribution is -2.57.